The molecule has 0 heterocycles. The molecule has 0 saturated heterocycles. The maximum Gasteiger partial charge on any atom is 0.0719 e. The normalized spacial score (nSPS) is 11.5. The zero-order valence-corrected chi connectivity index (χ0v) is 14.0. The van der Waals surface area contributed by atoms with Crippen LogP contribution >= 0.6 is 0 Å². The number of hydrogen-bond acceptors (Lipinski definition) is 4. The molecule has 0 unspecified atom stereocenters. The molecule has 0 aromatic heterocycles. The maximum atomic E-state index is 9.68. The van der Waals surface area contributed by atoms with Gasteiger partial charge < -0.3 is 19.7 Å². The molecule has 0 fully saturated rings. The molecule has 0 saturated carbocycles. The van der Waals surface area contributed by atoms with Gasteiger partial charge in [0.15, 0.2) is 0 Å². The summed E-state index contributed by atoms with van der Waals surface area (Å²) in [5, 5.41) is 23.4. The first-order valence-corrected chi connectivity index (χ1v) is 7.92. The number of aliphatic hydroxyl groups is 2. The van der Waals surface area contributed by atoms with E-state index in [9.17, 15) is 10.2 Å². The van der Waals surface area contributed by atoms with Crippen LogP contribution in [0.4, 0.5) is 0 Å². The highest BCUT2D eigenvalue weighted by Gasteiger charge is 2.12. The Morgan fingerprint density at radius 1 is 0.625 bits per heavy atom. The SMILES string of the molecule is COCc1ccc(COC)c2cc3c(CO)ccc(CO)c3cc12. The molecule has 2 N–H and O–H groups in total. The van der Waals surface area contributed by atoms with Crippen molar-refractivity contribution in [2.24, 2.45) is 0 Å². The number of hydrogen-bond donors (Lipinski definition) is 2. The molecule has 24 heavy (non-hydrogen) atoms. The van der Waals surface area contributed by atoms with Gasteiger partial charge in [-0.1, -0.05) is 24.3 Å². The molecule has 3 aromatic carbocycles. The number of rotatable bonds is 6. The van der Waals surface area contributed by atoms with Gasteiger partial charge in [0.1, 0.15) is 0 Å². The van der Waals surface area contributed by atoms with Crippen molar-refractivity contribution in [2.75, 3.05) is 14.2 Å². The van der Waals surface area contributed by atoms with Crippen LogP contribution in [0.25, 0.3) is 21.5 Å². The fourth-order valence-corrected chi connectivity index (χ4v) is 3.26. The van der Waals surface area contributed by atoms with Gasteiger partial charge in [0.2, 0.25) is 0 Å². The second-order valence-electron chi connectivity index (χ2n) is 5.89. The summed E-state index contributed by atoms with van der Waals surface area (Å²) in [6, 6.07) is 12.0. The minimum absolute atomic E-state index is 0.0366. The molecular weight excluding hydrogens is 304 g/mol. The topological polar surface area (TPSA) is 58.9 Å². The summed E-state index contributed by atoms with van der Waals surface area (Å²) in [6.45, 7) is 0.961. The van der Waals surface area contributed by atoms with Crippen LogP contribution in [0.15, 0.2) is 36.4 Å². The minimum atomic E-state index is -0.0366. The van der Waals surface area contributed by atoms with Crippen molar-refractivity contribution in [1.82, 2.24) is 0 Å². The van der Waals surface area contributed by atoms with Gasteiger partial charge in [-0.2, -0.15) is 0 Å². The molecule has 0 bridgehead atoms. The summed E-state index contributed by atoms with van der Waals surface area (Å²) in [7, 11) is 3.36. The number of ether oxygens (including phenoxy) is 2. The van der Waals surface area contributed by atoms with E-state index >= 15 is 0 Å². The van der Waals surface area contributed by atoms with Crippen LogP contribution in [0.1, 0.15) is 22.3 Å². The second kappa shape index (κ2) is 7.28. The lowest BCUT2D eigenvalue weighted by molar-refractivity contribution is 0.184. The molecule has 4 heteroatoms. The van der Waals surface area contributed by atoms with E-state index < -0.39 is 0 Å². The maximum absolute atomic E-state index is 9.68. The summed E-state index contributed by atoms with van der Waals surface area (Å²) < 4.78 is 10.7. The molecule has 0 spiro atoms. The van der Waals surface area contributed by atoms with Crippen molar-refractivity contribution in [3.63, 3.8) is 0 Å². The first-order chi connectivity index (χ1) is 11.7. The Morgan fingerprint density at radius 2 is 0.958 bits per heavy atom. The van der Waals surface area contributed by atoms with Crippen molar-refractivity contribution < 1.29 is 19.7 Å². The first-order valence-electron chi connectivity index (χ1n) is 7.92. The van der Waals surface area contributed by atoms with Crippen molar-refractivity contribution >= 4 is 21.5 Å². The largest absolute Gasteiger partial charge is 0.392 e. The van der Waals surface area contributed by atoms with Gasteiger partial charge in [0.05, 0.1) is 26.4 Å². The Hall–Kier alpha value is -1.98. The van der Waals surface area contributed by atoms with Crippen molar-refractivity contribution in [1.29, 1.82) is 0 Å². The van der Waals surface area contributed by atoms with Gasteiger partial charge in [0.25, 0.3) is 0 Å². The standard InChI is InChI=1S/C20H22O4/c1-23-11-15-5-6-16(12-24-2)20-8-18-14(10-22)4-3-13(9-21)17(18)7-19(15)20/h3-8,21-22H,9-12H2,1-2H3. The van der Waals surface area contributed by atoms with Crippen LogP contribution in [-0.2, 0) is 35.9 Å². The minimum Gasteiger partial charge on any atom is -0.392 e. The lowest BCUT2D eigenvalue weighted by Crippen LogP contribution is -1.98. The molecule has 3 aromatic rings. The van der Waals surface area contributed by atoms with Crippen LogP contribution in [0.3, 0.4) is 0 Å². The van der Waals surface area contributed by atoms with Crippen molar-refractivity contribution in [2.45, 2.75) is 26.4 Å². The molecule has 0 aliphatic heterocycles. The zero-order valence-electron chi connectivity index (χ0n) is 14.0. The van der Waals surface area contributed by atoms with Crippen LogP contribution in [0.2, 0.25) is 0 Å². The molecule has 0 amide bonds. The van der Waals surface area contributed by atoms with E-state index in [1.807, 2.05) is 12.1 Å². The summed E-state index contributed by atoms with van der Waals surface area (Å²) in [5.74, 6) is 0. The Morgan fingerprint density at radius 3 is 1.29 bits per heavy atom. The Balaban J connectivity index is 2.41. The molecule has 0 aliphatic rings. The van der Waals surface area contributed by atoms with Crippen molar-refractivity contribution in [3.8, 4) is 0 Å². The molecule has 126 valence electrons. The third kappa shape index (κ3) is 2.89. The summed E-state index contributed by atoms with van der Waals surface area (Å²) in [5.41, 5.74) is 3.88. The summed E-state index contributed by atoms with van der Waals surface area (Å²) >= 11 is 0. The van der Waals surface area contributed by atoms with Crippen LogP contribution in [0.5, 0.6) is 0 Å². The highest BCUT2D eigenvalue weighted by atomic mass is 16.5. The number of methoxy groups -OCH3 is 2. The zero-order chi connectivity index (χ0) is 17.1. The van der Waals surface area contributed by atoms with E-state index in [0.29, 0.717) is 13.2 Å². The Bertz CT molecular complexity index is 799. The average molecular weight is 326 g/mol. The highest BCUT2D eigenvalue weighted by Crippen LogP contribution is 2.32. The predicted molar refractivity (Wildman–Crippen MR) is 94.7 cm³/mol. The molecule has 3 rings (SSSR count). The predicted octanol–water partition coefficient (Wildman–Crippen LogP) is 3.27. The van der Waals surface area contributed by atoms with E-state index in [4.69, 9.17) is 9.47 Å². The van der Waals surface area contributed by atoms with Gasteiger partial charge in [-0.05, 0) is 55.9 Å². The number of aliphatic hydroxyl groups excluding tert-OH is 2. The fraction of sp³-hybridized carbons (Fsp3) is 0.300. The van der Waals surface area contributed by atoms with E-state index in [1.54, 1.807) is 14.2 Å². The van der Waals surface area contributed by atoms with Gasteiger partial charge >= 0.3 is 0 Å². The van der Waals surface area contributed by atoms with Gasteiger partial charge in [-0.3, -0.25) is 0 Å². The van der Waals surface area contributed by atoms with Gasteiger partial charge in [-0.25, -0.2) is 0 Å². The first kappa shape index (κ1) is 16.9. The molecule has 4 nitrogen and oxygen atoms in total. The number of fused-ring (bicyclic) bond motifs is 2. The Kier molecular flexibility index (Phi) is 5.11. The number of benzene rings is 3. The third-order valence-corrected chi connectivity index (χ3v) is 4.45. The molecule has 0 atom stereocenters. The average Bonchev–Trinajstić information content (AvgIpc) is 2.61. The van der Waals surface area contributed by atoms with Crippen LogP contribution in [0, 0.1) is 0 Å². The third-order valence-electron chi connectivity index (χ3n) is 4.45. The fourth-order valence-electron chi connectivity index (χ4n) is 3.26. The van der Waals surface area contributed by atoms with Crippen LogP contribution in [-0.4, -0.2) is 24.4 Å². The van der Waals surface area contributed by atoms with E-state index in [1.165, 1.54) is 0 Å². The highest BCUT2D eigenvalue weighted by molar-refractivity contribution is 6.03. The van der Waals surface area contributed by atoms with E-state index in [0.717, 1.165) is 43.8 Å². The molecular formula is C20H22O4. The van der Waals surface area contributed by atoms with E-state index in [-0.39, 0.29) is 13.2 Å². The molecule has 0 radical (unpaired) electrons. The van der Waals surface area contributed by atoms with Gasteiger partial charge in [0, 0.05) is 14.2 Å². The summed E-state index contributed by atoms with van der Waals surface area (Å²) in [6.07, 6.45) is 0. The molecule has 0 aliphatic carbocycles. The second-order valence-corrected chi connectivity index (χ2v) is 5.89. The smallest absolute Gasteiger partial charge is 0.0719 e. The van der Waals surface area contributed by atoms with Crippen LogP contribution < -0.4 is 0 Å². The summed E-state index contributed by atoms with van der Waals surface area (Å²) in [4.78, 5) is 0. The van der Waals surface area contributed by atoms with E-state index in [2.05, 4.69) is 24.3 Å². The lowest BCUT2D eigenvalue weighted by atomic mass is 9.92. The van der Waals surface area contributed by atoms with Gasteiger partial charge in [-0.15, -0.1) is 0 Å². The lowest BCUT2D eigenvalue weighted by Gasteiger charge is -2.15. The quantitative estimate of drug-likeness (QED) is 0.683. The van der Waals surface area contributed by atoms with Crippen molar-refractivity contribution in [3.05, 3.63) is 58.7 Å². The Labute approximate surface area is 141 Å². The monoisotopic (exact) mass is 326 g/mol.